The van der Waals surface area contributed by atoms with Gasteiger partial charge in [-0.1, -0.05) is 62.7 Å². The molecule has 1 atom stereocenters. The molecule has 1 unspecified atom stereocenters. The van der Waals surface area contributed by atoms with Gasteiger partial charge in [-0.25, -0.2) is 4.98 Å². The number of benzene rings is 1. The second kappa shape index (κ2) is 9.73. The van der Waals surface area contributed by atoms with Crippen LogP contribution in [0.4, 0.5) is 0 Å². The first-order chi connectivity index (χ1) is 13.9. The Hall–Kier alpha value is -1.91. The van der Waals surface area contributed by atoms with Gasteiger partial charge in [-0.05, 0) is 41.4 Å². The molecule has 0 bridgehead atoms. The molecule has 0 saturated carbocycles. The summed E-state index contributed by atoms with van der Waals surface area (Å²) in [4.78, 5) is 9.66. The van der Waals surface area contributed by atoms with E-state index in [-0.39, 0.29) is 5.41 Å². The molecule has 0 aliphatic heterocycles. The summed E-state index contributed by atoms with van der Waals surface area (Å²) < 4.78 is 11.0. The molecular weight excluding hydrogens is 384 g/mol. The molecule has 4 nitrogen and oxygen atoms in total. The molecule has 0 fully saturated rings. The molecule has 0 saturated heterocycles. The van der Waals surface area contributed by atoms with Gasteiger partial charge in [0.2, 0.25) is 0 Å². The van der Waals surface area contributed by atoms with E-state index in [0.717, 1.165) is 30.7 Å². The van der Waals surface area contributed by atoms with Gasteiger partial charge in [0.1, 0.15) is 0 Å². The largest absolute Gasteiger partial charge is 0.490 e. The fourth-order valence-electron chi connectivity index (χ4n) is 3.59. The van der Waals surface area contributed by atoms with E-state index in [1.807, 2.05) is 18.2 Å². The van der Waals surface area contributed by atoms with E-state index < -0.39 is 0 Å². The molecule has 5 heteroatoms. The van der Waals surface area contributed by atoms with Crippen molar-refractivity contribution in [1.29, 1.82) is 0 Å². The van der Waals surface area contributed by atoms with E-state index >= 15 is 0 Å². The predicted octanol–water partition coefficient (Wildman–Crippen LogP) is 5.75. The minimum atomic E-state index is 0.185. The summed E-state index contributed by atoms with van der Waals surface area (Å²) in [6, 6.07) is 12.4. The Morgan fingerprint density at radius 3 is 2.59 bits per heavy atom. The fraction of sp³-hybridized carbons (Fsp3) is 0.500. The smallest absolute Gasteiger partial charge is 0.171 e. The number of aliphatic imine (C=N–C) groups is 1. The fourth-order valence-corrected chi connectivity index (χ4v) is 3.79. The van der Waals surface area contributed by atoms with Gasteiger partial charge in [0.25, 0.3) is 0 Å². The van der Waals surface area contributed by atoms with Crippen LogP contribution < -0.4 is 4.74 Å². The van der Waals surface area contributed by atoms with Crippen LogP contribution in [0.2, 0.25) is 5.15 Å². The van der Waals surface area contributed by atoms with Crippen LogP contribution in [0.1, 0.15) is 50.4 Å². The van der Waals surface area contributed by atoms with E-state index in [1.54, 1.807) is 7.11 Å². The first kappa shape index (κ1) is 21.8. The molecule has 0 radical (unpaired) electrons. The zero-order chi connectivity index (χ0) is 20.9. The molecule has 1 aliphatic rings. The van der Waals surface area contributed by atoms with Gasteiger partial charge in [-0.15, -0.1) is 0 Å². The van der Waals surface area contributed by atoms with Crippen LogP contribution in [-0.2, 0) is 17.7 Å². The number of hydrogen-bond donors (Lipinski definition) is 0. The van der Waals surface area contributed by atoms with Gasteiger partial charge < -0.3 is 9.47 Å². The van der Waals surface area contributed by atoms with Crippen molar-refractivity contribution >= 4 is 17.3 Å². The summed E-state index contributed by atoms with van der Waals surface area (Å²) >= 11 is 6.46. The van der Waals surface area contributed by atoms with Crippen molar-refractivity contribution < 1.29 is 9.47 Å². The monoisotopic (exact) mass is 414 g/mol. The summed E-state index contributed by atoms with van der Waals surface area (Å²) in [5, 5.41) is 0.405. The molecule has 29 heavy (non-hydrogen) atoms. The number of ether oxygens (including phenoxy) is 2. The van der Waals surface area contributed by atoms with E-state index in [4.69, 9.17) is 31.1 Å². The molecule has 3 rings (SSSR count). The van der Waals surface area contributed by atoms with Gasteiger partial charge in [0.15, 0.2) is 10.9 Å². The maximum absolute atomic E-state index is 6.46. The lowest BCUT2D eigenvalue weighted by Gasteiger charge is -2.35. The third-order valence-corrected chi connectivity index (χ3v) is 5.74. The second-order valence-corrected chi connectivity index (χ2v) is 9.06. The lowest BCUT2D eigenvalue weighted by molar-refractivity contribution is 0.172. The van der Waals surface area contributed by atoms with Crippen molar-refractivity contribution in [2.45, 2.75) is 46.6 Å². The maximum atomic E-state index is 6.46. The third kappa shape index (κ3) is 5.80. The molecule has 0 spiro atoms. The summed E-state index contributed by atoms with van der Waals surface area (Å²) in [5.74, 6) is 1.15. The van der Waals surface area contributed by atoms with Crippen molar-refractivity contribution in [1.82, 2.24) is 4.98 Å². The Morgan fingerprint density at radius 1 is 1.14 bits per heavy atom. The van der Waals surface area contributed by atoms with E-state index in [9.17, 15) is 0 Å². The average molecular weight is 415 g/mol. The number of rotatable bonds is 7. The van der Waals surface area contributed by atoms with Crippen molar-refractivity contribution in [2.24, 2.45) is 16.3 Å². The highest BCUT2D eigenvalue weighted by molar-refractivity contribution is 6.31. The quantitative estimate of drug-likeness (QED) is 0.428. The Morgan fingerprint density at radius 2 is 1.90 bits per heavy atom. The van der Waals surface area contributed by atoms with Gasteiger partial charge in [-0.2, -0.15) is 0 Å². The minimum absolute atomic E-state index is 0.185. The Balaban J connectivity index is 1.89. The first-order valence-corrected chi connectivity index (χ1v) is 10.6. The van der Waals surface area contributed by atoms with Gasteiger partial charge in [-0.3, -0.25) is 4.99 Å². The molecule has 0 N–H and O–H groups in total. The van der Waals surface area contributed by atoms with Gasteiger partial charge >= 0.3 is 0 Å². The highest BCUT2D eigenvalue weighted by Gasteiger charge is 2.33. The zero-order valence-electron chi connectivity index (χ0n) is 17.9. The number of pyridine rings is 1. The first-order valence-electron chi connectivity index (χ1n) is 10.3. The molecule has 1 aliphatic carbocycles. The number of methoxy groups -OCH3 is 1. The van der Waals surface area contributed by atoms with Crippen LogP contribution in [0, 0.1) is 11.3 Å². The lowest BCUT2D eigenvalue weighted by atomic mass is 9.71. The van der Waals surface area contributed by atoms with Crippen molar-refractivity contribution in [3.8, 4) is 5.75 Å². The Kier molecular flexibility index (Phi) is 7.31. The van der Waals surface area contributed by atoms with Crippen LogP contribution in [0.25, 0.3) is 0 Å². The molecule has 0 amide bonds. The maximum Gasteiger partial charge on any atom is 0.171 e. The van der Waals surface area contributed by atoms with Crippen molar-refractivity contribution in [3.05, 3.63) is 58.4 Å². The molecular formula is C24H31ClN2O2. The summed E-state index contributed by atoms with van der Waals surface area (Å²) in [7, 11) is 1.69. The Labute approximate surface area is 179 Å². The number of nitrogens with zero attached hydrogens (tertiary/aromatic N) is 2. The van der Waals surface area contributed by atoms with Crippen LogP contribution in [0.15, 0.2) is 41.4 Å². The Bertz CT molecular complexity index is 844. The highest BCUT2D eigenvalue weighted by Crippen LogP contribution is 2.39. The van der Waals surface area contributed by atoms with Crippen LogP contribution in [0.3, 0.4) is 0 Å². The van der Waals surface area contributed by atoms with Gasteiger partial charge in [0.05, 0.1) is 24.6 Å². The molecule has 1 aromatic heterocycles. The van der Waals surface area contributed by atoms with Crippen molar-refractivity contribution in [3.63, 3.8) is 0 Å². The third-order valence-electron chi connectivity index (χ3n) is 5.47. The second-order valence-electron chi connectivity index (χ2n) is 8.70. The SMILES string of the molecule is COCCCOc1cc2c(nc1Cl)/C(=N/Cc1ccccc1)CC(C(C)(C)C)C2. The standard InChI is InChI=1S/C24H31ClN2O2/c1-24(2,3)19-13-18-14-21(29-12-8-11-28-4)23(25)27-22(18)20(15-19)26-16-17-9-6-5-7-10-17/h5-7,9-10,14,19H,8,11-13,15-16H2,1-4H3/b26-20+. The summed E-state index contributed by atoms with van der Waals surface area (Å²) in [6.07, 6.45) is 2.70. The van der Waals surface area contributed by atoms with Crippen LogP contribution in [0.5, 0.6) is 5.75 Å². The number of halogens is 1. The summed E-state index contributed by atoms with van der Waals surface area (Å²) in [5.41, 5.74) is 4.53. The molecule has 1 heterocycles. The van der Waals surface area contributed by atoms with E-state index in [1.165, 1.54) is 11.1 Å². The van der Waals surface area contributed by atoms with E-state index in [2.05, 4.69) is 39.0 Å². The van der Waals surface area contributed by atoms with Crippen LogP contribution >= 0.6 is 11.6 Å². The van der Waals surface area contributed by atoms with Gasteiger partial charge in [0, 0.05) is 20.1 Å². The average Bonchev–Trinajstić information content (AvgIpc) is 2.69. The normalized spacial score (nSPS) is 18.0. The number of fused-ring (bicyclic) bond motifs is 1. The van der Waals surface area contributed by atoms with Crippen LogP contribution in [-0.4, -0.2) is 31.0 Å². The minimum Gasteiger partial charge on any atom is -0.490 e. The van der Waals surface area contributed by atoms with E-state index in [0.29, 0.717) is 36.6 Å². The number of hydrogen-bond acceptors (Lipinski definition) is 4. The zero-order valence-corrected chi connectivity index (χ0v) is 18.6. The topological polar surface area (TPSA) is 43.7 Å². The summed E-state index contributed by atoms with van der Waals surface area (Å²) in [6.45, 7) is 8.76. The molecule has 1 aromatic carbocycles. The predicted molar refractivity (Wildman–Crippen MR) is 119 cm³/mol. The molecule has 2 aromatic rings. The number of aromatic nitrogens is 1. The van der Waals surface area contributed by atoms with Crippen molar-refractivity contribution in [2.75, 3.05) is 20.3 Å². The molecule has 156 valence electrons. The lowest BCUT2D eigenvalue weighted by Crippen LogP contribution is -2.31. The highest BCUT2D eigenvalue weighted by atomic mass is 35.5.